The molecule has 0 radical (unpaired) electrons. The Balaban J connectivity index is 1.93. The van der Waals surface area contributed by atoms with Gasteiger partial charge in [0.25, 0.3) is 0 Å². The van der Waals surface area contributed by atoms with Gasteiger partial charge in [0.2, 0.25) is 0 Å². The minimum absolute atomic E-state index is 0.243. The first-order valence-electron chi connectivity index (χ1n) is 6.40. The van der Waals surface area contributed by atoms with Gasteiger partial charge in [-0.25, -0.2) is 0 Å². The van der Waals surface area contributed by atoms with E-state index in [1.54, 1.807) is 0 Å². The van der Waals surface area contributed by atoms with Crippen molar-refractivity contribution in [3.63, 3.8) is 0 Å². The van der Waals surface area contributed by atoms with E-state index in [2.05, 4.69) is 18.0 Å². The van der Waals surface area contributed by atoms with E-state index in [1.165, 1.54) is 5.56 Å². The fraction of sp³-hybridized carbons (Fsp3) is 0.571. The highest BCUT2D eigenvalue weighted by Gasteiger charge is 2.12. The molecule has 18 heavy (non-hydrogen) atoms. The molecule has 1 N–H and O–H groups in total. The number of nitrogens with zero attached hydrogens (tertiary/aromatic N) is 1. The van der Waals surface area contributed by atoms with Crippen LogP contribution in [0.1, 0.15) is 18.9 Å². The summed E-state index contributed by atoms with van der Waals surface area (Å²) in [6, 6.07) is 6.06. The smallest absolute Gasteiger partial charge is 0.161 e. The van der Waals surface area contributed by atoms with E-state index in [9.17, 15) is 5.11 Å². The van der Waals surface area contributed by atoms with Crippen LogP contribution in [0, 0.1) is 0 Å². The Labute approximate surface area is 108 Å². The Kier molecular flexibility index (Phi) is 4.44. The van der Waals surface area contributed by atoms with Gasteiger partial charge >= 0.3 is 0 Å². The predicted molar refractivity (Wildman–Crippen MR) is 70.1 cm³/mol. The Morgan fingerprint density at radius 3 is 2.72 bits per heavy atom. The molecule has 0 bridgehead atoms. The van der Waals surface area contributed by atoms with E-state index in [4.69, 9.17) is 9.47 Å². The highest BCUT2D eigenvalue weighted by atomic mass is 16.6. The second-order valence-corrected chi connectivity index (χ2v) is 4.85. The molecular weight excluding hydrogens is 230 g/mol. The van der Waals surface area contributed by atoms with Gasteiger partial charge in [0.05, 0.1) is 6.10 Å². The molecule has 100 valence electrons. The minimum Gasteiger partial charge on any atom is -0.486 e. The number of hydrogen-bond acceptors (Lipinski definition) is 4. The van der Waals surface area contributed by atoms with Crippen LogP contribution in [0.2, 0.25) is 0 Å². The quantitative estimate of drug-likeness (QED) is 0.864. The maximum atomic E-state index is 9.26. The molecule has 4 nitrogen and oxygen atoms in total. The molecule has 0 amide bonds. The van der Waals surface area contributed by atoms with Crippen LogP contribution < -0.4 is 9.47 Å². The molecule has 0 saturated carbocycles. The minimum atomic E-state index is -0.243. The van der Waals surface area contributed by atoms with Crippen molar-refractivity contribution in [1.29, 1.82) is 0 Å². The van der Waals surface area contributed by atoms with Crippen LogP contribution in [0.25, 0.3) is 0 Å². The average molecular weight is 251 g/mol. The Morgan fingerprint density at radius 2 is 2.00 bits per heavy atom. The van der Waals surface area contributed by atoms with Gasteiger partial charge < -0.3 is 19.5 Å². The predicted octanol–water partition coefficient (Wildman–Crippen LogP) is 1.66. The molecule has 1 aliphatic heterocycles. The van der Waals surface area contributed by atoms with Crippen molar-refractivity contribution in [3.05, 3.63) is 23.8 Å². The summed E-state index contributed by atoms with van der Waals surface area (Å²) >= 11 is 0. The second kappa shape index (κ2) is 6.07. The maximum absolute atomic E-state index is 9.26. The van der Waals surface area contributed by atoms with Crippen LogP contribution in [0.15, 0.2) is 18.2 Å². The van der Waals surface area contributed by atoms with Gasteiger partial charge in [-0.15, -0.1) is 0 Å². The van der Waals surface area contributed by atoms with Crippen LogP contribution in [0.5, 0.6) is 11.5 Å². The van der Waals surface area contributed by atoms with Crippen molar-refractivity contribution >= 4 is 0 Å². The molecule has 1 aromatic rings. The Morgan fingerprint density at radius 1 is 1.28 bits per heavy atom. The standard InChI is InChI=1S/C14H21NO3/c1-11(16)5-6-15(2)10-12-3-4-13-14(9-12)18-8-7-17-13/h3-4,9,11,16H,5-8,10H2,1-2H3. The topological polar surface area (TPSA) is 41.9 Å². The number of ether oxygens (including phenoxy) is 2. The largest absolute Gasteiger partial charge is 0.486 e. The van der Waals surface area contributed by atoms with Crippen LogP contribution >= 0.6 is 0 Å². The first-order valence-corrected chi connectivity index (χ1v) is 6.40. The zero-order chi connectivity index (χ0) is 13.0. The molecule has 0 spiro atoms. The summed E-state index contributed by atoms with van der Waals surface area (Å²) in [5.74, 6) is 1.67. The lowest BCUT2D eigenvalue weighted by Gasteiger charge is -2.21. The van der Waals surface area contributed by atoms with E-state index in [-0.39, 0.29) is 6.10 Å². The molecule has 4 heteroatoms. The Hall–Kier alpha value is -1.26. The summed E-state index contributed by atoms with van der Waals surface area (Å²) in [6.45, 7) is 4.79. The molecule has 0 fully saturated rings. The van der Waals surface area contributed by atoms with Crippen LogP contribution in [0.4, 0.5) is 0 Å². The summed E-state index contributed by atoms with van der Waals surface area (Å²) in [4.78, 5) is 2.19. The number of aliphatic hydroxyl groups excluding tert-OH is 1. The van der Waals surface area contributed by atoms with Gasteiger partial charge in [0.1, 0.15) is 13.2 Å². The SMILES string of the molecule is CC(O)CCN(C)Cc1ccc2c(c1)OCCO2. The summed E-state index contributed by atoms with van der Waals surface area (Å²) in [6.07, 6.45) is 0.550. The number of rotatable bonds is 5. The number of hydrogen-bond donors (Lipinski definition) is 1. The highest BCUT2D eigenvalue weighted by Crippen LogP contribution is 2.30. The molecule has 2 rings (SSSR count). The zero-order valence-electron chi connectivity index (χ0n) is 11.1. The number of benzene rings is 1. The number of fused-ring (bicyclic) bond motifs is 1. The average Bonchev–Trinajstić information content (AvgIpc) is 2.36. The fourth-order valence-electron chi connectivity index (χ4n) is 1.98. The van der Waals surface area contributed by atoms with Crippen molar-refractivity contribution < 1.29 is 14.6 Å². The van der Waals surface area contributed by atoms with Crippen molar-refractivity contribution in [1.82, 2.24) is 4.90 Å². The van der Waals surface area contributed by atoms with Crippen LogP contribution in [-0.2, 0) is 6.54 Å². The first-order chi connectivity index (χ1) is 8.65. The number of aliphatic hydroxyl groups is 1. The second-order valence-electron chi connectivity index (χ2n) is 4.85. The monoisotopic (exact) mass is 251 g/mol. The van der Waals surface area contributed by atoms with Gasteiger partial charge in [0.15, 0.2) is 11.5 Å². The summed E-state index contributed by atoms with van der Waals surface area (Å²) in [7, 11) is 2.05. The third-order valence-corrected chi connectivity index (χ3v) is 2.99. The van der Waals surface area contributed by atoms with Gasteiger partial charge in [-0.05, 0) is 38.1 Å². The normalized spacial score (nSPS) is 15.8. The Bertz CT molecular complexity index is 393. The summed E-state index contributed by atoms with van der Waals surface area (Å²) in [5, 5.41) is 9.26. The third kappa shape index (κ3) is 3.62. The summed E-state index contributed by atoms with van der Waals surface area (Å²) < 4.78 is 11.1. The van der Waals surface area contributed by atoms with E-state index >= 15 is 0 Å². The third-order valence-electron chi connectivity index (χ3n) is 2.99. The van der Waals surface area contributed by atoms with E-state index in [1.807, 2.05) is 19.1 Å². The summed E-state index contributed by atoms with van der Waals surface area (Å²) in [5.41, 5.74) is 1.20. The molecule has 0 saturated heterocycles. The van der Waals surface area contributed by atoms with E-state index in [0.717, 1.165) is 31.0 Å². The van der Waals surface area contributed by atoms with Gasteiger partial charge in [-0.3, -0.25) is 0 Å². The molecule has 1 heterocycles. The van der Waals surface area contributed by atoms with Crippen LogP contribution in [0.3, 0.4) is 0 Å². The lowest BCUT2D eigenvalue weighted by Crippen LogP contribution is -2.22. The van der Waals surface area contributed by atoms with E-state index in [0.29, 0.717) is 13.2 Å². The molecular formula is C14H21NO3. The van der Waals surface area contributed by atoms with Crippen molar-refractivity contribution in [2.24, 2.45) is 0 Å². The van der Waals surface area contributed by atoms with Crippen molar-refractivity contribution in [2.45, 2.75) is 26.0 Å². The molecule has 0 aliphatic carbocycles. The van der Waals surface area contributed by atoms with Gasteiger partial charge in [-0.1, -0.05) is 6.07 Å². The van der Waals surface area contributed by atoms with Crippen molar-refractivity contribution in [2.75, 3.05) is 26.8 Å². The molecule has 1 atom stereocenters. The zero-order valence-corrected chi connectivity index (χ0v) is 11.1. The molecule has 1 aromatic carbocycles. The highest BCUT2D eigenvalue weighted by molar-refractivity contribution is 5.43. The molecule has 0 aromatic heterocycles. The van der Waals surface area contributed by atoms with Crippen molar-refractivity contribution in [3.8, 4) is 11.5 Å². The van der Waals surface area contributed by atoms with Gasteiger partial charge in [0, 0.05) is 13.1 Å². The maximum Gasteiger partial charge on any atom is 0.161 e. The molecule has 1 unspecified atom stereocenters. The van der Waals surface area contributed by atoms with Gasteiger partial charge in [-0.2, -0.15) is 0 Å². The lowest BCUT2D eigenvalue weighted by atomic mass is 10.1. The lowest BCUT2D eigenvalue weighted by molar-refractivity contribution is 0.162. The first kappa shape index (κ1) is 13.2. The fourth-order valence-corrected chi connectivity index (χ4v) is 1.98. The van der Waals surface area contributed by atoms with E-state index < -0.39 is 0 Å². The molecule has 1 aliphatic rings. The van der Waals surface area contributed by atoms with Crippen LogP contribution in [-0.4, -0.2) is 42.9 Å².